The van der Waals surface area contributed by atoms with Crippen LogP contribution in [0.3, 0.4) is 0 Å². The van der Waals surface area contributed by atoms with E-state index in [4.69, 9.17) is 16.3 Å². The minimum absolute atomic E-state index is 0.0775. The van der Waals surface area contributed by atoms with Gasteiger partial charge in [-0.25, -0.2) is 0 Å². The highest BCUT2D eigenvalue weighted by Crippen LogP contribution is 2.24. The molecule has 0 aliphatic heterocycles. The fourth-order valence-corrected chi connectivity index (χ4v) is 3.44. The normalized spacial score (nSPS) is 11.0. The maximum atomic E-state index is 13.1. The molecule has 10 heteroatoms. The van der Waals surface area contributed by atoms with Crippen molar-refractivity contribution in [3.8, 4) is 5.75 Å². The van der Waals surface area contributed by atoms with Gasteiger partial charge in [-0.15, -0.1) is 0 Å². The average molecular weight is 545 g/mol. The van der Waals surface area contributed by atoms with Gasteiger partial charge in [-0.3, -0.25) is 19.7 Å². The Hall–Kier alpha value is -3.69. The second kappa shape index (κ2) is 11.0. The third-order valence-corrected chi connectivity index (χ3v) is 5.95. The van der Waals surface area contributed by atoms with Crippen LogP contribution in [0.1, 0.15) is 21.5 Å². The van der Waals surface area contributed by atoms with Crippen LogP contribution in [-0.2, 0) is 4.79 Å². The molecule has 3 rings (SSSR count). The molecule has 0 bridgehead atoms. The van der Waals surface area contributed by atoms with Crippen LogP contribution in [0.25, 0.3) is 6.08 Å². The summed E-state index contributed by atoms with van der Waals surface area (Å²) in [7, 11) is 1.48. The van der Waals surface area contributed by atoms with Crippen molar-refractivity contribution in [3.63, 3.8) is 0 Å². The number of nitrogens with zero attached hydrogens (tertiary/aromatic N) is 1. The van der Waals surface area contributed by atoms with Crippen LogP contribution < -0.4 is 15.4 Å². The highest BCUT2D eigenvalue weighted by Gasteiger charge is 2.18. The van der Waals surface area contributed by atoms with Crippen LogP contribution in [0.15, 0.2) is 70.8 Å². The third kappa shape index (κ3) is 6.21. The molecule has 0 aliphatic carbocycles. The first-order valence-corrected chi connectivity index (χ1v) is 11.0. The Morgan fingerprint density at radius 1 is 1.09 bits per heavy atom. The van der Waals surface area contributed by atoms with Crippen molar-refractivity contribution in [1.82, 2.24) is 5.32 Å². The number of amides is 2. The molecule has 0 unspecified atom stereocenters. The van der Waals surface area contributed by atoms with E-state index >= 15 is 0 Å². The minimum Gasteiger partial charge on any atom is -0.497 e. The molecular formula is C24H19BrClN3O5. The van der Waals surface area contributed by atoms with Gasteiger partial charge < -0.3 is 15.4 Å². The lowest BCUT2D eigenvalue weighted by Gasteiger charge is -2.13. The van der Waals surface area contributed by atoms with Gasteiger partial charge in [0.1, 0.15) is 11.4 Å². The van der Waals surface area contributed by atoms with Gasteiger partial charge in [-0.05, 0) is 72.7 Å². The first kappa shape index (κ1) is 24.9. The molecule has 3 aromatic rings. The van der Waals surface area contributed by atoms with E-state index in [-0.39, 0.29) is 22.0 Å². The molecular weight excluding hydrogens is 526 g/mol. The van der Waals surface area contributed by atoms with Gasteiger partial charge in [0.2, 0.25) is 0 Å². The number of nitrogens with one attached hydrogen (secondary N) is 2. The highest BCUT2D eigenvalue weighted by molar-refractivity contribution is 9.10. The molecule has 34 heavy (non-hydrogen) atoms. The summed E-state index contributed by atoms with van der Waals surface area (Å²) >= 11 is 9.62. The number of ether oxygens (including phenoxy) is 1. The number of carbonyl (C=O) groups is 2. The molecule has 8 nitrogen and oxygen atoms in total. The molecule has 3 aromatic carbocycles. The van der Waals surface area contributed by atoms with Crippen molar-refractivity contribution in [2.24, 2.45) is 0 Å². The first-order chi connectivity index (χ1) is 16.2. The Kier molecular flexibility index (Phi) is 8.04. The number of halogens is 2. The molecule has 0 radical (unpaired) electrons. The summed E-state index contributed by atoms with van der Waals surface area (Å²) in [6.07, 6.45) is 1.42. The van der Waals surface area contributed by atoms with E-state index in [1.807, 2.05) is 6.92 Å². The van der Waals surface area contributed by atoms with E-state index in [2.05, 4.69) is 26.6 Å². The summed E-state index contributed by atoms with van der Waals surface area (Å²) in [6.45, 7) is 1.88. The summed E-state index contributed by atoms with van der Waals surface area (Å²) in [4.78, 5) is 36.4. The molecule has 0 aliphatic rings. The van der Waals surface area contributed by atoms with E-state index in [9.17, 15) is 19.7 Å². The number of non-ortho nitro benzene ring substituents is 1. The number of hydrogen-bond donors (Lipinski definition) is 2. The number of carbonyl (C=O) groups excluding carboxylic acids is 2. The number of hydrogen-bond acceptors (Lipinski definition) is 5. The van der Waals surface area contributed by atoms with Crippen LogP contribution in [0.4, 0.5) is 11.4 Å². The molecule has 0 spiro atoms. The minimum atomic E-state index is -0.608. The van der Waals surface area contributed by atoms with E-state index in [1.54, 1.807) is 24.3 Å². The second-order valence-electron chi connectivity index (χ2n) is 7.12. The van der Waals surface area contributed by atoms with Crippen LogP contribution in [-0.4, -0.2) is 23.8 Å². The van der Waals surface area contributed by atoms with Crippen molar-refractivity contribution in [2.75, 3.05) is 12.4 Å². The molecule has 0 aromatic heterocycles. The number of nitro groups is 1. The number of nitro benzene ring substituents is 1. The van der Waals surface area contributed by atoms with Crippen molar-refractivity contribution < 1.29 is 19.2 Å². The number of aryl methyl sites for hydroxylation is 1. The summed E-state index contributed by atoms with van der Waals surface area (Å²) in [5.41, 5.74) is 1.88. The highest BCUT2D eigenvalue weighted by atomic mass is 79.9. The fraction of sp³-hybridized carbons (Fsp3) is 0.0833. The SMILES string of the molecule is COc1ccc(C(=O)N/C(=C/c2ccc([N+](=O)[O-])cc2)C(=O)Nc2ccc(Br)c(C)c2)c(Cl)c1. The molecule has 0 saturated heterocycles. The molecule has 174 valence electrons. The molecule has 0 atom stereocenters. The van der Waals surface area contributed by atoms with Crippen LogP contribution in [0, 0.1) is 17.0 Å². The van der Waals surface area contributed by atoms with Crippen LogP contribution >= 0.6 is 27.5 Å². The molecule has 2 N–H and O–H groups in total. The fourth-order valence-electron chi connectivity index (χ4n) is 2.93. The lowest BCUT2D eigenvalue weighted by molar-refractivity contribution is -0.384. The van der Waals surface area contributed by atoms with Crippen LogP contribution in [0.2, 0.25) is 5.02 Å². The van der Waals surface area contributed by atoms with E-state index in [0.717, 1.165) is 10.0 Å². The summed E-state index contributed by atoms with van der Waals surface area (Å²) in [5.74, 6) is -0.715. The lowest BCUT2D eigenvalue weighted by Crippen LogP contribution is -2.31. The lowest BCUT2D eigenvalue weighted by atomic mass is 10.1. The third-order valence-electron chi connectivity index (χ3n) is 4.74. The van der Waals surface area contributed by atoms with Crippen molar-refractivity contribution >= 4 is 56.8 Å². The Bertz CT molecular complexity index is 1290. The Morgan fingerprint density at radius 3 is 2.38 bits per heavy atom. The zero-order valence-corrected chi connectivity index (χ0v) is 20.4. The number of benzene rings is 3. The Labute approximate surface area is 208 Å². The van der Waals surface area contributed by atoms with Gasteiger partial charge in [0.15, 0.2) is 0 Å². The topological polar surface area (TPSA) is 111 Å². The van der Waals surface area contributed by atoms with Gasteiger partial charge >= 0.3 is 0 Å². The Morgan fingerprint density at radius 2 is 1.79 bits per heavy atom. The van der Waals surface area contributed by atoms with Crippen LogP contribution in [0.5, 0.6) is 5.75 Å². The van der Waals surface area contributed by atoms with Crippen molar-refractivity contribution in [1.29, 1.82) is 0 Å². The van der Waals surface area contributed by atoms with Gasteiger partial charge in [-0.2, -0.15) is 0 Å². The average Bonchev–Trinajstić information content (AvgIpc) is 2.81. The first-order valence-electron chi connectivity index (χ1n) is 9.86. The molecule has 0 heterocycles. The maximum Gasteiger partial charge on any atom is 0.272 e. The largest absolute Gasteiger partial charge is 0.497 e. The number of rotatable bonds is 7. The monoisotopic (exact) mass is 543 g/mol. The quantitative estimate of drug-likeness (QED) is 0.224. The molecule has 2 amide bonds. The van der Waals surface area contributed by atoms with E-state index in [1.165, 1.54) is 49.6 Å². The van der Waals surface area contributed by atoms with Gasteiger partial charge in [0, 0.05) is 22.3 Å². The van der Waals surface area contributed by atoms with Gasteiger partial charge in [0.25, 0.3) is 17.5 Å². The summed E-state index contributed by atoms with van der Waals surface area (Å²) < 4.78 is 5.98. The number of methoxy groups -OCH3 is 1. The molecule has 0 saturated carbocycles. The predicted octanol–water partition coefficient (Wildman–Crippen LogP) is 5.74. The summed E-state index contributed by atoms with van der Waals surface area (Å²) in [6, 6.07) is 15.4. The van der Waals surface area contributed by atoms with E-state index in [0.29, 0.717) is 17.0 Å². The zero-order chi connectivity index (χ0) is 24.8. The predicted molar refractivity (Wildman–Crippen MR) is 134 cm³/mol. The maximum absolute atomic E-state index is 13.1. The second-order valence-corrected chi connectivity index (χ2v) is 8.39. The van der Waals surface area contributed by atoms with Gasteiger partial charge in [0.05, 0.1) is 22.6 Å². The zero-order valence-electron chi connectivity index (χ0n) is 18.1. The van der Waals surface area contributed by atoms with E-state index < -0.39 is 16.7 Å². The standard InChI is InChI=1S/C24H19BrClN3O5/c1-14-11-16(5-10-20(14)25)27-24(31)22(12-15-3-6-17(7-4-15)29(32)33)28-23(30)19-9-8-18(34-2)13-21(19)26/h3-13H,1-2H3,(H,27,31)(H,28,30)/b22-12+. The smallest absolute Gasteiger partial charge is 0.272 e. The van der Waals surface area contributed by atoms with Crippen molar-refractivity contribution in [2.45, 2.75) is 6.92 Å². The molecule has 0 fully saturated rings. The summed E-state index contributed by atoms with van der Waals surface area (Å²) in [5, 5.41) is 16.4. The Balaban J connectivity index is 1.93. The van der Waals surface area contributed by atoms with Crippen molar-refractivity contribution in [3.05, 3.63) is 103 Å². The number of anilines is 1. The van der Waals surface area contributed by atoms with Gasteiger partial charge in [-0.1, -0.05) is 27.5 Å².